The number of likely N-dealkylation sites (tertiary alicyclic amines) is 1. The van der Waals surface area contributed by atoms with Gasteiger partial charge in [0.1, 0.15) is 5.82 Å². The van der Waals surface area contributed by atoms with Gasteiger partial charge in [-0.05, 0) is 79.2 Å². The SMILES string of the molecule is O=S1(=O)c2ccccc2C(c2ccccc2)N1CCN1CCC(Cc2c[nH]c3ccc(F)cc23)CC1. The van der Waals surface area contributed by atoms with Gasteiger partial charge in [-0.25, -0.2) is 12.8 Å². The van der Waals surface area contributed by atoms with Gasteiger partial charge in [-0.1, -0.05) is 48.5 Å². The van der Waals surface area contributed by atoms with E-state index in [1.54, 1.807) is 28.6 Å². The molecular weight excluding hydrogens is 473 g/mol. The van der Waals surface area contributed by atoms with Crippen molar-refractivity contribution in [3.8, 4) is 0 Å². The molecule has 1 fully saturated rings. The summed E-state index contributed by atoms with van der Waals surface area (Å²) in [7, 11) is -3.54. The van der Waals surface area contributed by atoms with E-state index in [0.29, 0.717) is 23.9 Å². The van der Waals surface area contributed by atoms with E-state index in [9.17, 15) is 12.8 Å². The standard InChI is InChI=1S/C29H30FN3O2S/c30-24-10-11-27-26(19-24)23(20-31-27)18-21-12-14-32(15-13-21)16-17-33-29(22-6-2-1-3-7-22)25-8-4-5-9-28(25)36(33,34)35/h1-11,19-21,29,31H,12-18H2. The monoisotopic (exact) mass is 503 g/mol. The Morgan fingerprint density at radius 2 is 1.67 bits per heavy atom. The number of hydrogen-bond acceptors (Lipinski definition) is 3. The van der Waals surface area contributed by atoms with Crippen molar-refractivity contribution in [3.05, 3.63) is 102 Å². The highest BCUT2D eigenvalue weighted by atomic mass is 32.2. The van der Waals surface area contributed by atoms with Gasteiger partial charge in [0, 0.05) is 30.2 Å². The lowest BCUT2D eigenvalue weighted by Gasteiger charge is -2.33. The quantitative estimate of drug-likeness (QED) is 0.386. The first-order chi connectivity index (χ1) is 17.5. The number of hydrogen-bond donors (Lipinski definition) is 1. The Hall–Kier alpha value is -3.00. The number of fused-ring (bicyclic) bond motifs is 2. The molecular formula is C29H30FN3O2S. The minimum Gasteiger partial charge on any atom is -0.361 e. The van der Waals surface area contributed by atoms with Crippen LogP contribution in [-0.4, -0.2) is 48.8 Å². The van der Waals surface area contributed by atoms with Gasteiger partial charge < -0.3 is 9.88 Å². The topological polar surface area (TPSA) is 56.4 Å². The molecule has 0 bridgehead atoms. The molecule has 0 spiro atoms. The highest BCUT2D eigenvalue weighted by Crippen LogP contribution is 2.43. The van der Waals surface area contributed by atoms with Crippen molar-refractivity contribution >= 4 is 20.9 Å². The van der Waals surface area contributed by atoms with Crippen molar-refractivity contribution in [2.24, 2.45) is 5.92 Å². The summed E-state index contributed by atoms with van der Waals surface area (Å²) in [4.78, 5) is 6.06. The van der Waals surface area contributed by atoms with E-state index in [0.717, 1.165) is 54.4 Å². The molecule has 1 unspecified atom stereocenters. The van der Waals surface area contributed by atoms with Crippen LogP contribution in [-0.2, 0) is 16.4 Å². The molecule has 4 aromatic rings. The highest BCUT2D eigenvalue weighted by molar-refractivity contribution is 7.89. The normalized spacial score (nSPS) is 20.6. The van der Waals surface area contributed by atoms with Crippen molar-refractivity contribution in [1.82, 2.24) is 14.2 Å². The van der Waals surface area contributed by atoms with Crippen molar-refractivity contribution in [1.29, 1.82) is 0 Å². The van der Waals surface area contributed by atoms with Crippen LogP contribution in [0.2, 0.25) is 0 Å². The summed E-state index contributed by atoms with van der Waals surface area (Å²) in [5.74, 6) is 0.339. The molecule has 2 aliphatic rings. The molecule has 1 aromatic heterocycles. The van der Waals surface area contributed by atoms with Crippen LogP contribution in [0.4, 0.5) is 4.39 Å². The number of nitrogens with zero attached hydrogens (tertiary/aromatic N) is 2. The van der Waals surface area contributed by atoms with E-state index < -0.39 is 10.0 Å². The third-order valence-electron chi connectivity index (χ3n) is 7.79. The maximum atomic E-state index is 13.7. The lowest BCUT2D eigenvalue weighted by molar-refractivity contribution is 0.171. The van der Waals surface area contributed by atoms with E-state index in [4.69, 9.17) is 0 Å². The highest BCUT2D eigenvalue weighted by Gasteiger charge is 2.43. The Kier molecular flexibility index (Phi) is 6.15. The number of halogens is 1. The van der Waals surface area contributed by atoms with E-state index in [1.165, 1.54) is 11.6 Å². The zero-order chi connectivity index (χ0) is 24.7. The summed E-state index contributed by atoms with van der Waals surface area (Å²) in [5, 5.41) is 0.975. The largest absolute Gasteiger partial charge is 0.361 e. The van der Waals surface area contributed by atoms with Crippen LogP contribution >= 0.6 is 0 Å². The number of aromatic nitrogens is 1. The average Bonchev–Trinajstić information content (AvgIpc) is 3.39. The Labute approximate surface area is 211 Å². The number of benzene rings is 3. The summed E-state index contributed by atoms with van der Waals surface area (Å²) >= 11 is 0. The van der Waals surface area contributed by atoms with Crippen LogP contribution in [0.5, 0.6) is 0 Å². The Morgan fingerprint density at radius 1 is 0.917 bits per heavy atom. The summed E-state index contributed by atoms with van der Waals surface area (Å²) in [6.07, 6.45) is 5.05. The molecule has 0 radical (unpaired) electrons. The summed E-state index contributed by atoms with van der Waals surface area (Å²) in [6.45, 7) is 3.06. The number of rotatable bonds is 6. The van der Waals surface area contributed by atoms with Crippen molar-refractivity contribution in [3.63, 3.8) is 0 Å². The van der Waals surface area contributed by atoms with Gasteiger partial charge in [0.25, 0.3) is 0 Å². The van der Waals surface area contributed by atoms with E-state index >= 15 is 0 Å². The third-order valence-corrected chi connectivity index (χ3v) is 9.72. The summed E-state index contributed by atoms with van der Waals surface area (Å²) in [5.41, 5.74) is 4.01. The number of nitrogens with one attached hydrogen (secondary N) is 1. The molecule has 3 aromatic carbocycles. The Balaban J connectivity index is 1.12. The van der Waals surface area contributed by atoms with Gasteiger partial charge in [0.2, 0.25) is 10.0 Å². The molecule has 1 N–H and O–H groups in total. The summed E-state index contributed by atoms with van der Waals surface area (Å²) < 4.78 is 42.4. The Bertz CT molecular complexity index is 1480. The number of piperidine rings is 1. The first-order valence-electron chi connectivity index (χ1n) is 12.6. The number of sulfonamides is 1. The fourth-order valence-electron chi connectivity index (χ4n) is 5.88. The maximum absolute atomic E-state index is 13.7. The minimum atomic E-state index is -3.54. The molecule has 1 atom stereocenters. The van der Waals surface area contributed by atoms with Gasteiger partial charge in [-0.3, -0.25) is 0 Å². The van der Waals surface area contributed by atoms with Crippen molar-refractivity contribution in [2.75, 3.05) is 26.2 Å². The molecule has 36 heavy (non-hydrogen) atoms. The van der Waals surface area contributed by atoms with Crippen LogP contribution in [0, 0.1) is 11.7 Å². The first kappa shape index (κ1) is 23.4. The van der Waals surface area contributed by atoms with Crippen LogP contribution in [0.3, 0.4) is 0 Å². The predicted octanol–water partition coefficient (Wildman–Crippen LogP) is 5.36. The minimum absolute atomic E-state index is 0.203. The lowest BCUT2D eigenvalue weighted by atomic mass is 9.90. The molecule has 6 rings (SSSR count). The third kappa shape index (κ3) is 4.25. The fraction of sp³-hybridized carbons (Fsp3) is 0.310. The van der Waals surface area contributed by atoms with Gasteiger partial charge >= 0.3 is 0 Å². The van der Waals surface area contributed by atoms with Gasteiger partial charge in [0.05, 0.1) is 10.9 Å². The molecule has 3 heterocycles. The molecule has 0 amide bonds. The second-order valence-corrected chi connectivity index (χ2v) is 11.8. The lowest BCUT2D eigenvalue weighted by Crippen LogP contribution is -2.41. The van der Waals surface area contributed by atoms with Gasteiger partial charge in [-0.15, -0.1) is 0 Å². The average molecular weight is 504 g/mol. The number of aromatic amines is 1. The van der Waals surface area contributed by atoms with Crippen molar-refractivity contribution < 1.29 is 12.8 Å². The van der Waals surface area contributed by atoms with Crippen molar-refractivity contribution in [2.45, 2.75) is 30.2 Å². The molecule has 186 valence electrons. The predicted molar refractivity (Wildman–Crippen MR) is 140 cm³/mol. The van der Waals surface area contributed by atoms with Crippen LogP contribution in [0.1, 0.15) is 35.6 Å². The molecule has 0 aliphatic carbocycles. The molecule has 1 saturated heterocycles. The van der Waals surface area contributed by atoms with Gasteiger partial charge in [0.15, 0.2) is 0 Å². The fourth-order valence-corrected chi connectivity index (χ4v) is 7.69. The van der Waals surface area contributed by atoms with E-state index in [-0.39, 0.29) is 11.9 Å². The number of H-pyrrole nitrogens is 1. The molecule has 5 nitrogen and oxygen atoms in total. The summed E-state index contributed by atoms with van der Waals surface area (Å²) in [6, 6.07) is 21.9. The van der Waals surface area contributed by atoms with E-state index in [1.807, 2.05) is 48.7 Å². The van der Waals surface area contributed by atoms with Crippen LogP contribution in [0.15, 0.2) is 83.9 Å². The Morgan fingerprint density at radius 3 is 2.47 bits per heavy atom. The smallest absolute Gasteiger partial charge is 0.244 e. The molecule has 2 aliphatic heterocycles. The second kappa shape index (κ2) is 9.47. The molecule has 0 saturated carbocycles. The van der Waals surface area contributed by atoms with Gasteiger partial charge in [-0.2, -0.15) is 4.31 Å². The van der Waals surface area contributed by atoms with Crippen LogP contribution < -0.4 is 0 Å². The zero-order valence-corrected chi connectivity index (χ0v) is 20.9. The first-order valence-corrected chi connectivity index (χ1v) is 14.1. The maximum Gasteiger partial charge on any atom is 0.244 e. The molecule has 7 heteroatoms. The van der Waals surface area contributed by atoms with E-state index in [2.05, 4.69) is 9.88 Å². The zero-order valence-electron chi connectivity index (χ0n) is 20.1. The van der Waals surface area contributed by atoms with Crippen LogP contribution in [0.25, 0.3) is 10.9 Å². The second-order valence-electron chi connectivity index (χ2n) is 9.96.